The summed E-state index contributed by atoms with van der Waals surface area (Å²) in [7, 11) is 0. The van der Waals surface area contributed by atoms with Crippen LogP contribution in [-0.2, 0) is 11.3 Å². The Morgan fingerprint density at radius 1 is 1.04 bits per heavy atom. The molecule has 0 saturated heterocycles. The Morgan fingerprint density at radius 3 is 2.25 bits per heavy atom. The molecule has 0 aliphatic carbocycles. The van der Waals surface area contributed by atoms with Gasteiger partial charge < -0.3 is 10.1 Å². The van der Waals surface area contributed by atoms with E-state index in [1.807, 2.05) is 43.4 Å². The van der Waals surface area contributed by atoms with Crippen LogP contribution < -0.4 is 0 Å². The summed E-state index contributed by atoms with van der Waals surface area (Å²) < 4.78 is 6.35. The van der Waals surface area contributed by atoms with E-state index in [0.29, 0.717) is 12.6 Å². The van der Waals surface area contributed by atoms with Crippen LogP contribution in [0.4, 0.5) is 0 Å². The second-order valence-electron chi connectivity index (χ2n) is 7.04. The lowest BCUT2D eigenvalue weighted by atomic mass is 10.0. The highest BCUT2D eigenvalue weighted by molar-refractivity contribution is 5.70. The molecule has 28 heavy (non-hydrogen) atoms. The molecule has 3 heteroatoms. The maximum Gasteiger partial charge on any atom is 0.108 e. The average Bonchev–Trinajstić information content (AvgIpc) is 2.71. The van der Waals surface area contributed by atoms with E-state index in [1.165, 1.54) is 11.8 Å². The largest absolute Gasteiger partial charge is 0.367 e. The predicted octanol–water partition coefficient (Wildman–Crippen LogP) is 5.81. The predicted molar refractivity (Wildman–Crippen MR) is 119 cm³/mol. The van der Waals surface area contributed by atoms with Crippen LogP contribution in [0.2, 0.25) is 0 Å². The Kier molecular flexibility index (Phi) is 9.40. The van der Waals surface area contributed by atoms with Gasteiger partial charge >= 0.3 is 0 Å². The van der Waals surface area contributed by atoms with Crippen LogP contribution in [-0.4, -0.2) is 30.3 Å². The molecule has 0 bridgehead atoms. The van der Waals surface area contributed by atoms with Crippen molar-refractivity contribution >= 4 is 6.21 Å². The van der Waals surface area contributed by atoms with Crippen molar-refractivity contribution < 1.29 is 4.74 Å². The van der Waals surface area contributed by atoms with Gasteiger partial charge in [0.2, 0.25) is 0 Å². The van der Waals surface area contributed by atoms with Crippen molar-refractivity contribution in [2.45, 2.75) is 39.5 Å². The summed E-state index contributed by atoms with van der Waals surface area (Å²) in [6.45, 7) is 8.81. The smallest absolute Gasteiger partial charge is 0.108 e. The van der Waals surface area contributed by atoms with Crippen LogP contribution in [0.1, 0.15) is 38.0 Å². The van der Waals surface area contributed by atoms with Crippen LogP contribution >= 0.6 is 0 Å². The Morgan fingerprint density at radius 2 is 1.68 bits per heavy atom. The summed E-state index contributed by atoms with van der Waals surface area (Å²) in [5.74, 6) is 0. The lowest BCUT2D eigenvalue weighted by Crippen LogP contribution is -2.33. The number of ether oxygens (including phenoxy) is 1. The van der Waals surface area contributed by atoms with Gasteiger partial charge in [0, 0.05) is 25.3 Å². The molecule has 2 aromatic carbocycles. The van der Waals surface area contributed by atoms with Gasteiger partial charge in [-0.25, -0.2) is 0 Å². The van der Waals surface area contributed by atoms with Crippen molar-refractivity contribution in [3.05, 3.63) is 95.6 Å². The van der Waals surface area contributed by atoms with Crippen LogP contribution in [0.3, 0.4) is 0 Å². The highest BCUT2D eigenvalue weighted by Crippen LogP contribution is 2.26. The van der Waals surface area contributed by atoms with Crippen LogP contribution in [0.5, 0.6) is 0 Å². The molecule has 2 rings (SSSR count). The number of nitrogens with one attached hydrogen (secondary N) is 1. The molecule has 0 amide bonds. The fourth-order valence-electron chi connectivity index (χ4n) is 3.16. The Bertz CT molecular complexity index is 751. The Hall–Kier alpha value is -2.49. The lowest BCUT2D eigenvalue weighted by molar-refractivity contribution is 0.0505. The zero-order valence-electron chi connectivity index (χ0n) is 17.2. The van der Waals surface area contributed by atoms with E-state index >= 15 is 0 Å². The van der Waals surface area contributed by atoms with E-state index < -0.39 is 0 Å². The summed E-state index contributed by atoms with van der Waals surface area (Å²) in [4.78, 5) is 2.42. The molecule has 1 N–H and O–H groups in total. The number of nitrogens with zero attached hydrogens (tertiary/aromatic N) is 1. The first-order valence-corrected chi connectivity index (χ1v) is 9.93. The van der Waals surface area contributed by atoms with Crippen LogP contribution in [0, 0.1) is 5.41 Å². The van der Waals surface area contributed by atoms with E-state index in [9.17, 15) is 0 Å². The van der Waals surface area contributed by atoms with E-state index in [0.717, 1.165) is 24.2 Å². The van der Waals surface area contributed by atoms with Crippen molar-refractivity contribution in [3.63, 3.8) is 0 Å². The van der Waals surface area contributed by atoms with Crippen molar-refractivity contribution in [1.29, 1.82) is 5.41 Å². The van der Waals surface area contributed by atoms with Gasteiger partial charge in [-0.1, -0.05) is 72.8 Å². The quantitative estimate of drug-likeness (QED) is 0.397. The Labute approximate surface area is 169 Å². The molecule has 148 valence electrons. The van der Waals surface area contributed by atoms with Gasteiger partial charge in [-0.05, 0) is 43.5 Å². The first-order chi connectivity index (χ1) is 13.7. The van der Waals surface area contributed by atoms with E-state index in [-0.39, 0.29) is 6.10 Å². The highest BCUT2D eigenvalue weighted by atomic mass is 16.5. The molecule has 0 saturated carbocycles. The Balaban J connectivity index is 2.09. The second-order valence-corrected chi connectivity index (χ2v) is 7.04. The summed E-state index contributed by atoms with van der Waals surface area (Å²) in [5.41, 5.74) is 3.41. The highest BCUT2D eigenvalue weighted by Gasteiger charge is 2.17. The van der Waals surface area contributed by atoms with Crippen LogP contribution in [0.25, 0.3) is 0 Å². The van der Waals surface area contributed by atoms with Gasteiger partial charge in [-0.2, -0.15) is 0 Å². The first kappa shape index (κ1) is 21.8. The molecule has 0 fully saturated rings. The molecule has 1 atom stereocenters. The minimum Gasteiger partial charge on any atom is -0.367 e. The van der Waals surface area contributed by atoms with Gasteiger partial charge in [-0.3, -0.25) is 4.90 Å². The molecule has 0 radical (unpaired) electrons. The van der Waals surface area contributed by atoms with E-state index in [1.54, 1.807) is 0 Å². The van der Waals surface area contributed by atoms with E-state index in [2.05, 4.69) is 61.2 Å². The third kappa shape index (κ3) is 6.91. The molecular weight excluding hydrogens is 344 g/mol. The first-order valence-electron chi connectivity index (χ1n) is 9.93. The van der Waals surface area contributed by atoms with E-state index in [4.69, 9.17) is 10.1 Å². The second kappa shape index (κ2) is 12.1. The molecule has 3 nitrogen and oxygen atoms in total. The number of allylic oxidation sites excluding steroid dienone is 2. The van der Waals surface area contributed by atoms with Gasteiger partial charge in [0.15, 0.2) is 0 Å². The average molecular weight is 377 g/mol. The van der Waals surface area contributed by atoms with Crippen LogP contribution in [0.15, 0.2) is 84.5 Å². The van der Waals surface area contributed by atoms with Gasteiger partial charge in [-0.15, -0.1) is 0 Å². The fourth-order valence-corrected chi connectivity index (χ4v) is 3.16. The zero-order chi connectivity index (χ0) is 20.2. The summed E-state index contributed by atoms with van der Waals surface area (Å²) in [5, 5.41) is 7.49. The lowest BCUT2D eigenvalue weighted by Gasteiger charge is -2.28. The molecule has 0 aliphatic heterocycles. The zero-order valence-corrected chi connectivity index (χ0v) is 17.2. The minimum absolute atomic E-state index is 0.176. The summed E-state index contributed by atoms with van der Waals surface area (Å²) in [6.07, 6.45) is 6.97. The molecule has 1 unspecified atom stereocenters. The maximum atomic E-state index is 7.49. The molecule has 0 spiro atoms. The molecule has 2 aromatic rings. The molecule has 0 heterocycles. The normalized spacial score (nSPS) is 13.4. The summed E-state index contributed by atoms with van der Waals surface area (Å²) >= 11 is 0. The van der Waals surface area contributed by atoms with Crippen molar-refractivity contribution in [2.24, 2.45) is 0 Å². The van der Waals surface area contributed by atoms with Gasteiger partial charge in [0.1, 0.15) is 6.10 Å². The van der Waals surface area contributed by atoms with Crippen molar-refractivity contribution in [1.82, 2.24) is 4.90 Å². The number of rotatable bonds is 11. The monoisotopic (exact) mass is 376 g/mol. The summed E-state index contributed by atoms with van der Waals surface area (Å²) in [6, 6.07) is 21.2. The number of hydrogen-bond acceptors (Lipinski definition) is 3. The number of benzene rings is 2. The maximum absolute atomic E-state index is 7.49. The minimum atomic E-state index is -0.176. The SMILES string of the molecule is C/C=C/C(=C\C=N)C(OCCN(Cc1ccccc1)C(C)C)c1ccccc1. The van der Waals surface area contributed by atoms with Crippen molar-refractivity contribution in [2.75, 3.05) is 13.2 Å². The number of hydrogen-bond donors (Lipinski definition) is 1. The van der Waals surface area contributed by atoms with Crippen molar-refractivity contribution in [3.8, 4) is 0 Å². The standard InChI is InChI=1S/C25H32N2O/c1-4-11-23(16-17-26)25(24-14-9-6-10-15-24)28-19-18-27(21(2)3)20-22-12-7-5-8-13-22/h4-17,21,25-26H,18-20H2,1-3H3/b11-4+,23-16+,26-17?. The third-order valence-corrected chi connectivity index (χ3v) is 4.66. The molecule has 0 aliphatic rings. The van der Waals surface area contributed by atoms with Gasteiger partial charge in [0.25, 0.3) is 0 Å². The fraction of sp³-hybridized carbons (Fsp3) is 0.320. The topological polar surface area (TPSA) is 36.3 Å². The molecule has 0 aromatic heterocycles. The third-order valence-electron chi connectivity index (χ3n) is 4.66. The van der Waals surface area contributed by atoms with Gasteiger partial charge in [0.05, 0.1) is 6.61 Å². The molecular formula is C25H32N2O.